The third-order valence-electron chi connectivity index (χ3n) is 1.87. The number of methoxy groups -OCH3 is 2. The van der Waals surface area contributed by atoms with Crippen LogP contribution in [0.3, 0.4) is 0 Å². The molecule has 2 N–H and O–H groups in total. The van der Waals surface area contributed by atoms with Crippen LogP contribution >= 0.6 is 0 Å². The fourth-order valence-corrected chi connectivity index (χ4v) is 1.07. The second-order valence-electron chi connectivity index (χ2n) is 2.80. The normalized spacial score (nSPS) is 11.9. The maximum absolute atomic E-state index is 11.4. The molecule has 0 fully saturated rings. The summed E-state index contributed by atoms with van der Waals surface area (Å²) in [5, 5.41) is 10.2. The van der Waals surface area contributed by atoms with E-state index in [2.05, 4.69) is 25.0 Å². The van der Waals surface area contributed by atoms with Gasteiger partial charge >= 0.3 is 11.9 Å². The molecular formula is C7H11N5O4. The highest BCUT2D eigenvalue weighted by Crippen LogP contribution is 2.15. The van der Waals surface area contributed by atoms with Crippen molar-refractivity contribution in [3.8, 4) is 0 Å². The van der Waals surface area contributed by atoms with Crippen LogP contribution < -0.4 is 5.73 Å². The highest BCUT2D eigenvalue weighted by Gasteiger charge is 2.28. The van der Waals surface area contributed by atoms with E-state index in [0.29, 0.717) is 0 Å². The van der Waals surface area contributed by atoms with Gasteiger partial charge in [0.25, 0.3) is 0 Å². The SMILES string of the molecule is COC(=O)C[C@@H](C(=O)OC)n1nnnc1N. The summed E-state index contributed by atoms with van der Waals surface area (Å²) in [6.07, 6.45) is -0.252. The maximum atomic E-state index is 11.4. The zero-order chi connectivity index (χ0) is 12.1. The first-order valence-electron chi connectivity index (χ1n) is 4.28. The van der Waals surface area contributed by atoms with Crippen molar-refractivity contribution >= 4 is 17.9 Å². The van der Waals surface area contributed by atoms with Crippen molar-refractivity contribution < 1.29 is 19.1 Å². The Hall–Kier alpha value is -2.19. The zero-order valence-electron chi connectivity index (χ0n) is 8.78. The van der Waals surface area contributed by atoms with Gasteiger partial charge in [-0.2, -0.15) is 4.68 Å². The number of hydrogen-bond acceptors (Lipinski definition) is 8. The Morgan fingerprint density at radius 3 is 2.56 bits per heavy atom. The van der Waals surface area contributed by atoms with Gasteiger partial charge in [-0.25, -0.2) is 4.79 Å². The number of ether oxygens (including phenoxy) is 2. The Kier molecular flexibility index (Phi) is 3.75. The Balaban J connectivity index is 2.92. The lowest BCUT2D eigenvalue weighted by molar-refractivity contribution is -0.151. The van der Waals surface area contributed by atoms with Crippen molar-refractivity contribution in [2.75, 3.05) is 20.0 Å². The second kappa shape index (κ2) is 5.05. The third-order valence-corrected chi connectivity index (χ3v) is 1.87. The van der Waals surface area contributed by atoms with E-state index in [1.54, 1.807) is 0 Å². The van der Waals surface area contributed by atoms with Gasteiger partial charge in [-0.1, -0.05) is 5.10 Å². The third kappa shape index (κ3) is 2.43. The fourth-order valence-electron chi connectivity index (χ4n) is 1.07. The molecule has 0 unspecified atom stereocenters. The average Bonchev–Trinajstić information content (AvgIpc) is 2.70. The molecule has 0 aliphatic rings. The number of carbonyl (C=O) groups excluding carboxylic acids is 2. The zero-order valence-corrected chi connectivity index (χ0v) is 8.78. The molecule has 0 aliphatic carbocycles. The topological polar surface area (TPSA) is 122 Å². The molecule has 0 bridgehead atoms. The van der Waals surface area contributed by atoms with Crippen LogP contribution in [0.5, 0.6) is 0 Å². The van der Waals surface area contributed by atoms with Crippen molar-refractivity contribution in [3.63, 3.8) is 0 Å². The molecule has 88 valence electrons. The number of nitrogens with two attached hydrogens (primary N) is 1. The van der Waals surface area contributed by atoms with Gasteiger partial charge in [0.1, 0.15) is 0 Å². The number of tetrazole rings is 1. The predicted octanol–water partition coefficient (Wildman–Crippen LogP) is -1.47. The largest absolute Gasteiger partial charge is 0.469 e. The van der Waals surface area contributed by atoms with Gasteiger partial charge in [-0.3, -0.25) is 4.79 Å². The summed E-state index contributed by atoms with van der Waals surface area (Å²) in [5.74, 6) is -1.35. The quantitative estimate of drug-likeness (QED) is 0.621. The lowest BCUT2D eigenvalue weighted by Gasteiger charge is -2.13. The molecule has 0 aliphatic heterocycles. The van der Waals surface area contributed by atoms with Crippen LogP contribution in [-0.2, 0) is 19.1 Å². The number of nitrogen functional groups attached to an aromatic ring is 1. The number of esters is 2. The first-order valence-corrected chi connectivity index (χ1v) is 4.28. The fraction of sp³-hybridized carbons (Fsp3) is 0.571. The minimum atomic E-state index is -1.02. The number of aromatic nitrogens is 4. The van der Waals surface area contributed by atoms with Crippen molar-refractivity contribution in [1.29, 1.82) is 0 Å². The summed E-state index contributed by atoms with van der Waals surface area (Å²) in [7, 11) is 2.40. The van der Waals surface area contributed by atoms with Crippen molar-refractivity contribution in [2.45, 2.75) is 12.5 Å². The van der Waals surface area contributed by atoms with Gasteiger partial charge in [-0.05, 0) is 10.4 Å². The first kappa shape index (κ1) is 11.9. The van der Waals surface area contributed by atoms with Gasteiger partial charge in [0.2, 0.25) is 5.95 Å². The van der Waals surface area contributed by atoms with Crippen LogP contribution in [0.15, 0.2) is 0 Å². The van der Waals surface area contributed by atoms with Crippen molar-refractivity contribution in [1.82, 2.24) is 20.2 Å². The van der Waals surface area contributed by atoms with Gasteiger partial charge < -0.3 is 15.2 Å². The summed E-state index contributed by atoms with van der Waals surface area (Å²) in [6.45, 7) is 0. The van der Waals surface area contributed by atoms with Crippen LogP contribution in [0.25, 0.3) is 0 Å². The molecule has 0 aromatic carbocycles. The van der Waals surface area contributed by atoms with Gasteiger partial charge in [0, 0.05) is 0 Å². The lowest BCUT2D eigenvalue weighted by Crippen LogP contribution is -2.26. The molecule has 0 saturated carbocycles. The number of hydrogen-bond donors (Lipinski definition) is 1. The molecule has 1 atom stereocenters. The first-order chi connectivity index (χ1) is 7.60. The molecule has 9 nitrogen and oxygen atoms in total. The number of carbonyl (C=O) groups is 2. The Morgan fingerprint density at radius 1 is 1.44 bits per heavy atom. The Morgan fingerprint density at radius 2 is 2.12 bits per heavy atom. The summed E-state index contributed by atoms with van der Waals surface area (Å²) in [4.78, 5) is 22.5. The predicted molar refractivity (Wildman–Crippen MR) is 49.9 cm³/mol. The molecule has 9 heteroatoms. The maximum Gasteiger partial charge on any atom is 0.331 e. The summed E-state index contributed by atoms with van der Waals surface area (Å²) < 4.78 is 9.96. The summed E-state index contributed by atoms with van der Waals surface area (Å²) in [6, 6.07) is -1.02. The molecular weight excluding hydrogens is 218 g/mol. The van der Waals surface area contributed by atoms with Crippen LogP contribution in [-0.4, -0.2) is 46.4 Å². The van der Waals surface area contributed by atoms with Crippen LogP contribution in [0.4, 0.5) is 5.95 Å². The number of nitrogens with zero attached hydrogens (tertiary/aromatic N) is 4. The molecule has 0 radical (unpaired) electrons. The highest BCUT2D eigenvalue weighted by atomic mass is 16.5. The van der Waals surface area contributed by atoms with E-state index < -0.39 is 18.0 Å². The second-order valence-corrected chi connectivity index (χ2v) is 2.80. The molecule has 16 heavy (non-hydrogen) atoms. The van der Waals surface area contributed by atoms with E-state index in [1.807, 2.05) is 0 Å². The van der Waals surface area contributed by atoms with Gasteiger partial charge in [-0.15, -0.1) is 0 Å². The highest BCUT2D eigenvalue weighted by molar-refractivity contribution is 5.81. The molecule has 1 aromatic rings. The minimum absolute atomic E-state index is 0.0840. The lowest BCUT2D eigenvalue weighted by atomic mass is 10.2. The Labute approximate surface area is 90.5 Å². The molecule has 0 saturated heterocycles. The number of anilines is 1. The van der Waals surface area contributed by atoms with E-state index in [0.717, 1.165) is 4.68 Å². The van der Waals surface area contributed by atoms with Crippen LogP contribution in [0.2, 0.25) is 0 Å². The molecule has 1 rings (SSSR count). The van der Waals surface area contributed by atoms with Crippen molar-refractivity contribution in [2.24, 2.45) is 0 Å². The van der Waals surface area contributed by atoms with Gasteiger partial charge in [0.05, 0.1) is 20.6 Å². The molecule has 1 heterocycles. The van der Waals surface area contributed by atoms with Crippen LogP contribution in [0, 0.1) is 0 Å². The van der Waals surface area contributed by atoms with E-state index in [4.69, 9.17) is 5.73 Å². The minimum Gasteiger partial charge on any atom is -0.469 e. The monoisotopic (exact) mass is 229 g/mol. The van der Waals surface area contributed by atoms with E-state index in [1.165, 1.54) is 14.2 Å². The molecule has 1 aromatic heterocycles. The summed E-state index contributed by atoms with van der Waals surface area (Å²) in [5.41, 5.74) is 5.42. The standard InChI is InChI=1S/C7H11N5O4/c1-15-5(13)3-4(6(14)16-2)12-7(8)9-10-11-12/h4H,3H2,1-2H3,(H2,8,9,11)/t4-/m0/s1. The van der Waals surface area contributed by atoms with Gasteiger partial charge in [0.15, 0.2) is 6.04 Å². The van der Waals surface area contributed by atoms with E-state index >= 15 is 0 Å². The Bertz CT molecular complexity index is 390. The number of rotatable bonds is 4. The van der Waals surface area contributed by atoms with E-state index in [9.17, 15) is 9.59 Å². The molecule has 0 amide bonds. The van der Waals surface area contributed by atoms with E-state index in [-0.39, 0.29) is 12.4 Å². The summed E-state index contributed by atoms with van der Waals surface area (Å²) >= 11 is 0. The van der Waals surface area contributed by atoms with Crippen LogP contribution in [0.1, 0.15) is 12.5 Å². The molecule has 0 spiro atoms. The smallest absolute Gasteiger partial charge is 0.331 e. The average molecular weight is 229 g/mol. The van der Waals surface area contributed by atoms with Crippen molar-refractivity contribution in [3.05, 3.63) is 0 Å².